The van der Waals surface area contributed by atoms with Gasteiger partial charge in [0.15, 0.2) is 11.0 Å². The molecule has 0 fully saturated rings. The molecule has 2 aromatic carbocycles. The van der Waals surface area contributed by atoms with Crippen LogP contribution in [0, 0.1) is 13.8 Å². The maximum Gasteiger partial charge on any atom is 0.234 e. The first kappa shape index (κ1) is 23.9. The van der Waals surface area contributed by atoms with E-state index in [1.54, 1.807) is 0 Å². The van der Waals surface area contributed by atoms with Crippen LogP contribution in [0.1, 0.15) is 50.2 Å². The molecule has 0 spiro atoms. The van der Waals surface area contributed by atoms with Crippen molar-refractivity contribution in [2.24, 2.45) is 0 Å². The second-order valence-electron chi connectivity index (χ2n) is 8.84. The van der Waals surface area contributed by atoms with Crippen molar-refractivity contribution in [2.75, 3.05) is 11.1 Å². The molecule has 7 heteroatoms. The number of rotatable bonds is 8. The fourth-order valence-corrected chi connectivity index (χ4v) is 4.02. The van der Waals surface area contributed by atoms with Crippen LogP contribution in [0.2, 0.25) is 0 Å². The van der Waals surface area contributed by atoms with Crippen molar-refractivity contribution in [3.05, 3.63) is 65.0 Å². The zero-order valence-corrected chi connectivity index (χ0v) is 20.5. The van der Waals surface area contributed by atoms with Crippen molar-refractivity contribution in [2.45, 2.75) is 65.3 Å². The molecule has 0 aliphatic carbocycles. The van der Waals surface area contributed by atoms with Crippen molar-refractivity contribution >= 4 is 23.4 Å². The lowest BCUT2D eigenvalue weighted by molar-refractivity contribution is -0.113. The van der Waals surface area contributed by atoms with E-state index >= 15 is 0 Å². The Morgan fingerprint density at radius 2 is 1.78 bits per heavy atom. The number of hydrogen-bond donors (Lipinski definition) is 1. The Morgan fingerprint density at radius 1 is 1.06 bits per heavy atom. The number of benzene rings is 2. The fourth-order valence-electron chi connectivity index (χ4n) is 3.20. The molecule has 3 aromatic rings. The Labute approximate surface area is 194 Å². The summed E-state index contributed by atoms with van der Waals surface area (Å²) in [6.07, 6.45) is 0. The third-order valence-corrected chi connectivity index (χ3v) is 6.29. The lowest BCUT2D eigenvalue weighted by atomic mass is 9.87. The average Bonchev–Trinajstić information content (AvgIpc) is 3.15. The Kier molecular flexibility index (Phi) is 7.61. The number of ether oxygens (including phenoxy) is 1. The van der Waals surface area contributed by atoms with E-state index in [1.165, 1.54) is 22.9 Å². The fraction of sp³-hybridized carbons (Fsp3) is 0.400. The van der Waals surface area contributed by atoms with Gasteiger partial charge in [-0.15, -0.1) is 10.2 Å². The maximum atomic E-state index is 12.4. The Morgan fingerprint density at radius 3 is 2.41 bits per heavy atom. The molecule has 170 valence electrons. The first-order valence-electron chi connectivity index (χ1n) is 10.8. The lowest BCUT2D eigenvalue weighted by Crippen LogP contribution is -2.15. The molecular formula is C25H32N4O2S. The van der Waals surface area contributed by atoms with E-state index < -0.39 is 0 Å². The Bertz CT molecular complexity index is 1070. The standard InChI is InChI=1S/C25H32N4O2S/c1-7-29-22(15-31-21-12-9-19(10-13-21)25(4,5)6)27-28-24(29)32-16-23(30)26-20-11-8-17(2)18(3)14-20/h8-14H,7,15-16H2,1-6H3,(H,26,30). The number of nitrogens with zero attached hydrogens (tertiary/aromatic N) is 3. The number of anilines is 1. The van der Waals surface area contributed by atoms with Crippen LogP contribution in [0.3, 0.4) is 0 Å². The van der Waals surface area contributed by atoms with Crippen molar-refractivity contribution in [1.82, 2.24) is 14.8 Å². The van der Waals surface area contributed by atoms with E-state index in [9.17, 15) is 4.79 Å². The van der Waals surface area contributed by atoms with Gasteiger partial charge in [-0.1, -0.05) is 50.7 Å². The van der Waals surface area contributed by atoms with Gasteiger partial charge in [-0.05, 0) is 67.1 Å². The predicted molar refractivity (Wildman–Crippen MR) is 130 cm³/mol. The average molecular weight is 453 g/mol. The molecule has 1 aromatic heterocycles. The van der Waals surface area contributed by atoms with Gasteiger partial charge in [0.1, 0.15) is 12.4 Å². The number of amides is 1. The number of aryl methyl sites for hydroxylation is 2. The number of thioether (sulfide) groups is 1. The second-order valence-corrected chi connectivity index (χ2v) is 9.78. The minimum Gasteiger partial charge on any atom is -0.486 e. The number of carbonyl (C=O) groups is 1. The van der Waals surface area contributed by atoms with Crippen LogP contribution in [0.15, 0.2) is 47.6 Å². The summed E-state index contributed by atoms with van der Waals surface area (Å²) in [5.41, 5.74) is 4.53. The normalized spacial score (nSPS) is 11.4. The SMILES string of the molecule is CCn1c(COc2ccc(C(C)(C)C)cc2)nnc1SCC(=O)Nc1ccc(C)c(C)c1. The van der Waals surface area contributed by atoms with Crippen LogP contribution in [-0.2, 0) is 23.4 Å². The van der Waals surface area contributed by atoms with Gasteiger partial charge in [0, 0.05) is 12.2 Å². The van der Waals surface area contributed by atoms with Gasteiger partial charge in [0.2, 0.25) is 5.91 Å². The van der Waals surface area contributed by atoms with E-state index in [4.69, 9.17) is 4.74 Å². The van der Waals surface area contributed by atoms with E-state index in [2.05, 4.69) is 55.3 Å². The monoisotopic (exact) mass is 452 g/mol. The first-order valence-corrected chi connectivity index (χ1v) is 11.8. The molecule has 0 aliphatic heterocycles. The van der Waals surface area contributed by atoms with Gasteiger partial charge in [0.25, 0.3) is 0 Å². The summed E-state index contributed by atoms with van der Waals surface area (Å²) in [6.45, 7) is 13.7. The second kappa shape index (κ2) is 10.2. The molecule has 1 amide bonds. The van der Waals surface area contributed by atoms with Crippen molar-refractivity contribution in [1.29, 1.82) is 0 Å². The van der Waals surface area contributed by atoms with Crippen molar-refractivity contribution in [3.8, 4) is 5.75 Å². The summed E-state index contributed by atoms with van der Waals surface area (Å²) in [4.78, 5) is 12.4. The van der Waals surface area contributed by atoms with Crippen molar-refractivity contribution in [3.63, 3.8) is 0 Å². The largest absolute Gasteiger partial charge is 0.486 e. The maximum absolute atomic E-state index is 12.4. The van der Waals surface area contributed by atoms with E-state index in [1.807, 2.05) is 48.7 Å². The van der Waals surface area contributed by atoms with Gasteiger partial charge in [-0.3, -0.25) is 4.79 Å². The highest BCUT2D eigenvalue weighted by Gasteiger charge is 2.15. The highest BCUT2D eigenvalue weighted by atomic mass is 32.2. The molecule has 0 atom stereocenters. The molecule has 1 N–H and O–H groups in total. The van der Waals surface area contributed by atoms with Gasteiger partial charge < -0.3 is 14.6 Å². The summed E-state index contributed by atoms with van der Waals surface area (Å²) < 4.78 is 7.91. The zero-order valence-electron chi connectivity index (χ0n) is 19.7. The molecule has 3 rings (SSSR count). The lowest BCUT2D eigenvalue weighted by Gasteiger charge is -2.19. The molecule has 0 unspecified atom stereocenters. The van der Waals surface area contributed by atoms with Crippen LogP contribution in [0.4, 0.5) is 5.69 Å². The number of hydrogen-bond acceptors (Lipinski definition) is 5. The third kappa shape index (κ3) is 6.13. The topological polar surface area (TPSA) is 69.0 Å². The van der Waals surface area contributed by atoms with E-state index in [0.29, 0.717) is 18.3 Å². The molecule has 6 nitrogen and oxygen atoms in total. The summed E-state index contributed by atoms with van der Waals surface area (Å²) in [5, 5.41) is 12.2. The summed E-state index contributed by atoms with van der Waals surface area (Å²) in [5.74, 6) is 1.73. The minimum atomic E-state index is -0.0688. The van der Waals surface area contributed by atoms with E-state index in [0.717, 1.165) is 22.8 Å². The van der Waals surface area contributed by atoms with Gasteiger partial charge in [0.05, 0.1) is 5.75 Å². The smallest absolute Gasteiger partial charge is 0.234 e. The summed E-state index contributed by atoms with van der Waals surface area (Å²) in [6, 6.07) is 14.1. The number of carbonyl (C=O) groups excluding carboxylic acids is 1. The molecule has 0 saturated heterocycles. The number of aromatic nitrogens is 3. The Hall–Kier alpha value is -2.80. The highest BCUT2D eigenvalue weighted by molar-refractivity contribution is 7.99. The molecule has 1 heterocycles. The quantitative estimate of drug-likeness (QED) is 0.456. The first-order chi connectivity index (χ1) is 15.2. The van der Waals surface area contributed by atoms with Crippen LogP contribution >= 0.6 is 11.8 Å². The summed E-state index contributed by atoms with van der Waals surface area (Å²) in [7, 11) is 0. The highest BCUT2D eigenvalue weighted by Crippen LogP contribution is 2.25. The third-order valence-electron chi connectivity index (χ3n) is 5.32. The molecule has 32 heavy (non-hydrogen) atoms. The molecule has 0 saturated carbocycles. The molecule has 0 radical (unpaired) electrons. The Balaban J connectivity index is 1.57. The minimum absolute atomic E-state index is 0.0688. The van der Waals surface area contributed by atoms with Crippen LogP contribution in [0.5, 0.6) is 5.75 Å². The van der Waals surface area contributed by atoms with Gasteiger partial charge >= 0.3 is 0 Å². The van der Waals surface area contributed by atoms with Gasteiger partial charge in [-0.25, -0.2) is 0 Å². The van der Waals surface area contributed by atoms with Gasteiger partial charge in [-0.2, -0.15) is 0 Å². The van der Waals surface area contributed by atoms with E-state index in [-0.39, 0.29) is 17.1 Å². The van der Waals surface area contributed by atoms with Crippen LogP contribution in [0.25, 0.3) is 0 Å². The predicted octanol–water partition coefficient (Wildman–Crippen LogP) is 5.52. The van der Waals surface area contributed by atoms with Crippen LogP contribution in [-0.4, -0.2) is 26.4 Å². The molecule has 0 aliphatic rings. The van der Waals surface area contributed by atoms with Crippen LogP contribution < -0.4 is 10.1 Å². The zero-order chi connectivity index (χ0) is 23.3. The number of nitrogens with one attached hydrogen (secondary N) is 1. The molecule has 0 bridgehead atoms. The summed E-state index contributed by atoms with van der Waals surface area (Å²) >= 11 is 1.38. The molecular weight excluding hydrogens is 420 g/mol. The van der Waals surface area contributed by atoms with Crippen molar-refractivity contribution < 1.29 is 9.53 Å².